The highest BCUT2D eigenvalue weighted by molar-refractivity contribution is 5.56. The van der Waals surface area contributed by atoms with Gasteiger partial charge in [0.25, 0.3) is 0 Å². The van der Waals surface area contributed by atoms with Crippen LogP contribution in [0.15, 0.2) is 24.3 Å². The second kappa shape index (κ2) is 4.47. The van der Waals surface area contributed by atoms with Crippen molar-refractivity contribution in [3.05, 3.63) is 24.3 Å². The van der Waals surface area contributed by atoms with Crippen LogP contribution in [-0.2, 0) is 0 Å². The van der Waals surface area contributed by atoms with Gasteiger partial charge >= 0.3 is 6.61 Å². The van der Waals surface area contributed by atoms with Gasteiger partial charge in [0.15, 0.2) is 0 Å². The molecule has 1 N–H and O–H groups in total. The fraction of sp³-hybridized carbons (Fsp3) is 0.455. The average Bonchev–Trinajstić information content (AvgIpc) is 2.99. The molecule has 0 atom stereocenters. The summed E-state index contributed by atoms with van der Waals surface area (Å²) in [6, 6.07) is 6.77. The highest BCUT2D eigenvalue weighted by Crippen LogP contribution is 2.31. The first-order valence-corrected chi connectivity index (χ1v) is 5.03. The number of para-hydroxylation sites is 2. The maximum atomic E-state index is 12.1. The molecule has 0 heterocycles. The monoisotopic (exact) mass is 213 g/mol. The standard InChI is InChI=1S/C11H13F2NO/c12-11(13)15-10-4-2-1-3-9(10)14-7-8-5-6-8/h1-4,8,11,14H,5-7H2. The van der Waals surface area contributed by atoms with Crippen molar-refractivity contribution in [2.24, 2.45) is 5.92 Å². The zero-order valence-corrected chi connectivity index (χ0v) is 8.25. The highest BCUT2D eigenvalue weighted by Gasteiger charge is 2.21. The Bertz CT molecular complexity index is 326. The van der Waals surface area contributed by atoms with E-state index in [1.165, 1.54) is 12.8 Å². The normalized spacial score (nSPS) is 15.4. The van der Waals surface area contributed by atoms with Crippen molar-refractivity contribution in [2.75, 3.05) is 11.9 Å². The fourth-order valence-electron chi connectivity index (χ4n) is 1.39. The largest absolute Gasteiger partial charge is 0.433 e. The molecule has 0 aliphatic heterocycles. The molecular formula is C11H13F2NO. The van der Waals surface area contributed by atoms with E-state index in [9.17, 15) is 8.78 Å². The molecular weight excluding hydrogens is 200 g/mol. The zero-order chi connectivity index (χ0) is 10.7. The number of hydrogen-bond acceptors (Lipinski definition) is 2. The van der Waals surface area contributed by atoms with Gasteiger partial charge in [-0.15, -0.1) is 0 Å². The highest BCUT2D eigenvalue weighted by atomic mass is 19.3. The Balaban J connectivity index is 1.99. The number of halogens is 2. The Morgan fingerprint density at radius 1 is 1.33 bits per heavy atom. The summed E-state index contributed by atoms with van der Waals surface area (Å²) in [6.07, 6.45) is 2.45. The predicted octanol–water partition coefficient (Wildman–Crippen LogP) is 3.11. The van der Waals surface area contributed by atoms with Gasteiger partial charge in [0.1, 0.15) is 5.75 Å². The molecule has 1 aromatic rings. The minimum Gasteiger partial charge on any atom is -0.433 e. The molecule has 1 aliphatic carbocycles. The Kier molecular flexibility index (Phi) is 3.04. The third kappa shape index (κ3) is 3.08. The molecule has 1 aliphatic rings. The summed E-state index contributed by atoms with van der Waals surface area (Å²) in [5.74, 6) is 0.915. The lowest BCUT2D eigenvalue weighted by molar-refractivity contribution is -0.0493. The topological polar surface area (TPSA) is 21.3 Å². The number of anilines is 1. The van der Waals surface area contributed by atoms with Gasteiger partial charge in [-0.1, -0.05) is 12.1 Å². The van der Waals surface area contributed by atoms with Crippen LogP contribution in [0.3, 0.4) is 0 Å². The molecule has 82 valence electrons. The molecule has 0 amide bonds. The minimum absolute atomic E-state index is 0.216. The number of hydrogen-bond donors (Lipinski definition) is 1. The number of alkyl halides is 2. The third-order valence-electron chi connectivity index (χ3n) is 2.38. The number of rotatable bonds is 5. The number of ether oxygens (including phenoxy) is 1. The summed E-state index contributed by atoms with van der Waals surface area (Å²) in [6.45, 7) is -1.93. The van der Waals surface area contributed by atoms with Gasteiger partial charge in [0, 0.05) is 6.54 Å². The molecule has 1 aromatic carbocycles. The molecule has 4 heteroatoms. The van der Waals surface area contributed by atoms with Crippen molar-refractivity contribution >= 4 is 5.69 Å². The van der Waals surface area contributed by atoms with Crippen LogP contribution < -0.4 is 10.1 Å². The fourth-order valence-corrected chi connectivity index (χ4v) is 1.39. The van der Waals surface area contributed by atoms with Gasteiger partial charge < -0.3 is 10.1 Å². The molecule has 0 bridgehead atoms. The average molecular weight is 213 g/mol. The second-order valence-electron chi connectivity index (χ2n) is 3.70. The smallest absolute Gasteiger partial charge is 0.387 e. The molecule has 2 rings (SSSR count). The van der Waals surface area contributed by atoms with Crippen LogP contribution in [0, 0.1) is 5.92 Å². The van der Waals surface area contributed by atoms with Gasteiger partial charge in [-0.3, -0.25) is 0 Å². The van der Waals surface area contributed by atoms with E-state index in [1.54, 1.807) is 24.3 Å². The van der Waals surface area contributed by atoms with Gasteiger partial charge in [-0.2, -0.15) is 8.78 Å². The summed E-state index contributed by atoms with van der Waals surface area (Å²) in [4.78, 5) is 0. The van der Waals surface area contributed by atoms with Crippen LogP contribution in [-0.4, -0.2) is 13.2 Å². The van der Waals surface area contributed by atoms with Crippen molar-refractivity contribution in [1.29, 1.82) is 0 Å². The maximum Gasteiger partial charge on any atom is 0.387 e. The van der Waals surface area contributed by atoms with Crippen LogP contribution in [0.2, 0.25) is 0 Å². The SMILES string of the molecule is FC(F)Oc1ccccc1NCC1CC1. The lowest BCUT2D eigenvalue weighted by Crippen LogP contribution is -2.08. The minimum atomic E-state index is -2.77. The van der Waals surface area contributed by atoms with Crippen molar-refractivity contribution in [3.63, 3.8) is 0 Å². The van der Waals surface area contributed by atoms with Crippen molar-refractivity contribution in [2.45, 2.75) is 19.5 Å². The molecule has 0 aromatic heterocycles. The van der Waals surface area contributed by atoms with Crippen molar-refractivity contribution in [1.82, 2.24) is 0 Å². The molecule has 0 unspecified atom stereocenters. The van der Waals surface area contributed by atoms with Crippen LogP contribution in [0.25, 0.3) is 0 Å². The van der Waals surface area contributed by atoms with E-state index in [4.69, 9.17) is 0 Å². The van der Waals surface area contributed by atoms with Crippen LogP contribution in [0.1, 0.15) is 12.8 Å². The van der Waals surface area contributed by atoms with Crippen LogP contribution in [0.4, 0.5) is 14.5 Å². The first-order valence-electron chi connectivity index (χ1n) is 5.03. The van der Waals surface area contributed by atoms with Gasteiger partial charge in [0.2, 0.25) is 0 Å². The summed E-state index contributed by atoms with van der Waals surface area (Å²) in [7, 11) is 0. The molecule has 1 fully saturated rings. The molecule has 0 saturated heterocycles. The van der Waals surface area contributed by atoms with Crippen molar-refractivity contribution < 1.29 is 13.5 Å². The zero-order valence-electron chi connectivity index (χ0n) is 8.25. The molecule has 15 heavy (non-hydrogen) atoms. The van der Waals surface area contributed by atoms with E-state index in [1.807, 2.05) is 0 Å². The van der Waals surface area contributed by atoms with Crippen LogP contribution >= 0.6 is 0 Å². The third-order valence-corrected chi connectivity index (χ3v) is 2.38. The lowest BCUT2D eigenvalue weighted by atomic mass is 10.3. The number of nitrogens with one attached hydrogen (secondary N) is 1. The first-order chi connectivity index (χ1) is 7.25. The first kappa shape index (κ1) is 10.2. The predicted molar refractivity (Wildman–Crippen MR) is 54.3 cm³/mol. The number of benzene rings is 1. The Morgan fingerprint density at radius 3 is 2.73 bits per heavy atom. The quantitative estimate of drug-likeness (QED) is 0.811. The van der Waals surface area contributed by atoms with E-state index in [0.717, 1.165) is 6.54 Å². The van der Waals surface area contributed by atoms with E-state index in [0.29, 0.717) is 11.6 Å². The van der Waals surface area contributed by atoms with E-state index in [2.05, 4.69) is 10.1 Å². The van der Waals surface area contributed by atoms with Crippen LogP contribution in [0.5, 0.6) is 5.75 Å². The Hall–Kier alpha value is -1.32. The van der Waals surface area contributed by atoms with Gasteiger partial charge in [-0.05, 0) is 30.9 Å². The van der Waals surface area contributed by atoms with E-state index >= 15 is 0 Å². The maximum absolute atomic E-state index is 12.1. The molecule has 0 spiro atoms. The van der Waals surface area contributed by atoms with Gasteiger partial charge in [-0.25, -0.2) is 0 Å². The lowest BCUT2D eigenvalue weighted by Gasteiger charge is -2.11. The summed E-state index contributed by atoms with van der Waals surface area (Å²) >= 11 is 0. The summed E-state index contributed by atoms with van der Waals surface area (Å²) in [5, 5.41) is 3.12. The summed E-state index contributed by atoms with van der Waals surface area (Å²) in [5.41, 5.74) is 0.643. The van der Waals surface area contributed by atoms with E-state index in [-0.39, 0.29) is 5.75 Å². The second-order valence-corrected chi connectivity index (χ2v) is 3.70. The Morgan fingerprint density at radius 2 is 2.07 bits per heavy atom. The summed E-state index contributed by atoms with van der Waals surface area (Å²) < 4.78 is 28.5. The molecule has 2 nitrogen and oxygen atoms in total. The van der Waals surface area contributed by atoms with Crippen molar-refractivity contribution in [3.8, 4) is 5.75 Å². The van der Waals surface area contributed by atoms with Gasteiger partial charge in [0.05, 0.1) is 5.69 Å². The molecule has 0 radical (unpaired) electrons. The Labute approximate surface area is 87.2 Å². The molecule has 1 saturated carbocycles. The van der Waals surface area contributed by atoms with E-state index < -0.39 is 6.61 Å².